The molecular formula is C10H16N5+. The van der Waals surface area contributed by atoms with Crippen molar-refractivity contribution in [2.45, 2.75) is 0 Å². The van der Waals surface area contributed by atoms with Crippen LogP contribution >= 0.6 is 0 Å². The van der Waals surface area contributed by atoms with E-state index in [-0.39, 0.29) is 0 Å². The molecule has 0 radical (unpaired) electrons. The summed E-state index contributed by atoms with van der Waals surface area (Å²) in [5.41, 5.74) is 1.08. The van der Waals surface area contributed by atoms with Gasteiger partial charge in [0.25, 0.3) is 0 Å². The molecule has 15 heavy (non-hydrogen) atoms. The lowest BCUT2D eigenvalue weighted by atomic mass is 10.4. The summed E-state index contributed by atoms with van der Waals surface area (Å²) in [4.78, 5) is 12.9. The van der Waals surface area contributed by atoms with Gasteiger partial charge in [0.2, 0.25) is 0 Å². The highest BCUT2D eigenvalue weighted by Gasteiger charge is 2.15. The van der Waals surface area contributed by atoms with Gasteiger partial charge in [-0.25, -0.2) is 9.97 Å². The van der Waals surface area contributed by atoms with E-state index in [1.165, 1.54) is 0 Å². The molecule has 0 fully saturated rings. The Labute approximate surface area is 89.5 Å². The van der Waals surface area contributed by atoms with Crippen molar-refractivity contribution in [2.75, 3.05) is 34.2 Å². The van der Waals surface area contributed by atoms with Crippen molar-refractivity contribution in [3.05, 3.63) is 18.2 Å². The van der Waals surface area contributed by atoms with Gasteiger partial charge in [0.05, 0.1) is 40.1 Å². The molecule has 5 heteroatoms. The van der Waals surface area contributed by atoms with Crippen LogP contribution in [0.3, 0.4) is 0 Å². The topological polar surface area (TPSA) is 50.2 Å². The fraction of sp³-hybridized carbons (Fsp3) is 0.500. The van der Waals surface area contributed by atoms with Gasteiger partial charge in [-0.2, -0.15) is 0 Å². The number of hydrogen-bond acceptors (Lipinski definition) is 4. The van der Waals surface area contributed by atoms with E-state index in [2.05, 4.69) is 41.4 Å². The third-order valence-electron chi connectivity index (χ3n) is 2.30. The van der Waals surface area contributed by atoms with Gasteiger partial charge < -0.3 is 5.32 Å². The number of aromatic nitrogens is 2. The van der Waals surface area contributed by atoms with Crippen LogP contribution in [0.4, 0.5) is 5.69 Å². The van der Waals surface area contributed by atoms with Crippen LogP contribution in [0.15, 0.2) is 17.4 Å². The van der Waals surface area contributed by atoms with Gasteiger partial charge in [0, 0.05) is 6.54 Å². The molecule has 0 saturated carbocycles. The zero-order chi connectivity index (χ0) is 10.9. The first-order valence-electron chi connectivity index (χ1n) is 5.00. The molecule has 1 aliphatic heterocycles. The molecule has 0 bridgehead atoms. The van der Waals surface area contributed by atoms with Crippen molar-refractivity contribution in [3.63, 3.8) is 0 Å². The Balaban J connectivity index is 2.24. The summed E-state index contributed by atoms with van der Waals surface area (Å²) in [6, 6.07) is 0. The second-order valence-corrected chi connectivity index (χ2v) is 4.43. The Kier molecular flexibility index (Phi) is 2.40. The van der Waals surface area contributed by atoms with Crippen LogP contribution in [0.25, 0.3) is 0 Å². The fourth-order valence-electron chi connectivity index (χ4n) is 1.34. The van der Waals surface area contributed by atoms with E-state index < -0.39 is 0 Å². The smallest absolute Gasteiger partial charge is 0.195 e. The molecule has 1 aromatic rings. The molecule has 2 heterocycles. The highest BCUT2D eigenvalue weighted by Crippen LogP contribution is 2.13. The van der Waals surface area contributed by atoms with Crippen molar-refractivity contribution in [1.82, 2.24) is 19.8 Å². The van der Waals surface area contributed by atoms with Gasteiger partial charge in [-0.05, 0) is 0 Å². The molecule has 0 aromatic carbocycles. The van der Waals surface area contributed by atoms with Crippen molar-refractivity contribution >= 4 is 11.5 Å². The molecule has 2 rings (SSSR count). The van der Waals surface area contributed by atoms with Crippen LogP contribution in [-0.4, -0.2) is 50.0 Å². The molecule has 0 unspecified atom stereocenters. The van der Waals surface area contributed by atoms with E-state index in [0.717, 1.165) is 29.1 Å². The average molecular weight is 206 g/mol. The summed E-state index contributed by atoms with van der Waals surface area (Å²) in [5, 5.41) is 3.15. The van der Waals surface area contributed by atoms with E-state index in [0.29, 0.717) is 5.82 Å². The Hall–Kier alpha value is -1.49. The molecule has 80 valence electrons. The van der Waals surface area contributed by atoms with Gasteiger partial charge >= 0.3 is 0 Å². The van der Waals surface area contributed by atoms with Crippen LogP contribution in [0.2, 0.25) is 0 Å². The maximum atomic E-state index is 4.31. The highest BCUT2D eigenvalue weighted by molar-refractivity contribution is 5.96. The molecule has 0 atom stereocenters. The zero-order valence-corrected chi connectivity index (χ0v) is 9.36. The summed E-state index contributed by atoms with van der Waals surface area (Å²) in [7, 11) is 6.26. The van der Waals surface area contributed by atoms with E-state index in [9.17, 15) is 0 Å². The minimum Gasteiger partial charge on any atom is -0.365 e. The first kappa shape index (κ1) is 10.0. The van der Waals surface area contributed by atoms with Crippen molar-refractivity contribution in [3.8, 4) is 0 Å². The van der Waals surface area contributed by atoms with Gasteiger partial charge in [-0.1, -0.05) is 0 Å². The molecular weight excluding hydrogens is 190 g/mol. The lowest BCUT2D eigenvalue weighted by molar-refractivity contribution is 0.483. The third-order valence-corrected chi connectivity index (χ3v) is 2.30. The lowest BCUT2D eigenvalue weighted by Gasteiger charge is -2.22. The Morgan fingerprint density at radius 2 is 1.87 bits per heavy atom. The van der Waals surface area contributed by atoms with Crippen molar-refractivity contribution in [2.24, 2.45) is 4.99 Å². The molecule has 1 aromatic heterocycles. The zero-order valence-electron chi connectivity index (χ0n) is 9.36. The maximum Gasteiger partial charge on any atom is 0.195 e. The van der Waals surface area contributed by atoms with E-state index in [1.54, 1.807) is 0 Å². The normalized spacial score (nSPS) is 16.1. The standard InChI is InChI=1S/C10H16N5/c1-15(2,3)8-6-13-10(14-7-8)9-11-4-5-12-9/h6-7H,4-5H2,1-3H3,(H,11,12)/q+1. The minimum absolute atomic E-state index is 0.685. The summed E-state index contributed by atoms with van der Waals surface area (Å²) in [5.74, 6) is 1.49. The van der Waals surface area contributed by atoms with Crippen LogP contribution in [0.5, 0.6) is 0 Å². The SMILES string of the molecule is C[N+](C)(C)c1cnc(C2=NCCN2)nc1. The van der Waals surface area contributed by atoms with Gasteiger partial charge in [-0.3, -0.25) is 9.48 Å². The van der Waals surface area contributed by atoms with Crippen LogP contribution in [0, 0.1) is 0 Å². The number of nitrogens with one attached hydrogen (secondary N) is 1. The third kappa shape index (κ3) is 2.12. The first-order valence-corrected chi connectivity index (χ1v) is 5.00. The van der Waals surface area contributed by atoms with E-state index in [1.807, 2.05) is 12.4 Å². The minimum atomic E-state index is 0.685. The fourth-order valence-corrected chi connectivity index (χ4v) is 1.34. The summed E-state index contributed by atoms with van der Waals surface area (Å²) < 4.78 is 0.722. The molecule has 0 saturated heterocycles. The first-order chi connectivity index (χ1) is 7.07. The number of amidine groups is 1. The molecule has 1 N–H and O–H groups in total. The van der Waals surface area contributed by atoms with Crippen LogP contribution in [-0.2, 0) is 0 Å². The molecule has 0 aliphatic carbocycles. The number of hydrogen-bond donors (Lipinski definition) is 1. The van der Waals surface area contributed by atoms with Crippen LogP contribution in [0.1, 0.15) is 5.82 Å². The largest absolute Gasteiger partial charge is 0.365 e. The quantitative estimate of drug-likeness (QED) is 0.694. The molecule has 1 aliphatic rings. The monoisotopic (exact) mass is 206 g/mol. The number of rotatable bonds is 2. The van der Waals surface area contributed by atoms with Gasteiger partial charge in [0.1, 0.15) is 0 Å². The number of quaternary nitrogens is 1. The Morgan fingerprint density at radius 3 is 2.33 bits per heavy atom. The second-order valence-electron chi connectivity index (χ2n) is 4.43. The van der Waals surface area contributed by atoms with Crippen molar-refractivity contribution < 1.29 is 0 Å². The Bertz CT molecular complexity index is 374. The Morgan fingerprint density at radius 1 is 1.20 bits per heavy atom. The summed E-state index contributed by atoms with van der Waals surface area (Å²) in [6.07, 6.45) is 3.70. The lowest BCUT2D eigenvalue weighted by Crippen LogP contribution is -2.35. The predicted molar refractivity (Wildman–Crippen MR) is 61.0 cm³/mol. The number of nitrogens with zero attached hydrogens (tertiary/aromatic N) is 4. The summed E-state index contributed by atoms with van der Waals surface area (Å²) >= 11 is 0. The van der Waals surface area contributed by atoms with Crippen molar-refractivity contribution in [1.29, 1.82) is 0 Å². The molecule has 0 spiro atoms. The van der Waals surface area contributed by atoms with E-state index >= 15 is 0 Å². The average Bonchev–Trinajstić information content (AvgIpc) is 2.69. The summed E-state index contributed by atoms with van der Waals surface area (Å²) in [6.45, 7) is 1.70. The molecule has 0 amide bonds. The van der Waals surface area contributed by atoms with Gasteiger partial charge in [-0.15, -0.1) is 0 Å². The van der Waals surface area contributed by atoms with Crippen LogP contribution < -0.4 is 9.80 Å². The maximum absolute atomic E-state index is 4.31. The predicted octanol–water partition coefficient (Wildman–Crippen LogP) is 0.0231. The molecule has 5 nitrogen and oxygen atoms in total. The van der Waals surface area contributed by atoms with E-state index in [4.69, 9.17) is 0 Å². The second kappa shape index (κ2) is 3.58. The highest BCUT2D eigenvalue weighted by atomic mass is 15.3. The van der Waals surface area contributed by atoms with Gasteiger partial charge in [0.15, 0.2) is 17.3 Å². The number of aliphatic imine (C=N–C) groups is 1.